The number of esters is 1. The number of rotatable bonds is 7. The second-order valence-electron chi connectivity index (χ2n) is 6.95. The Labute approximate surface area is 188 Å². The van der Waals surface area contributed by atoms with Crippen LogP contribution in [0.4, 0.5) is 14.5 Å². The minimum absolute atomic E-state index is 0.334. The van der Waals surface area contributed by atoms with E-state index in [1.165, 1.54) is 6.08 Å². The third kappa shape index (κ3) is 5.79. The molecule has 3 rings (SSSR count). The van der Waals surface area contributed by atoms with E-state index in [2.05, 4.69) is 10.4 Å². The van der Waals surface area contributed by atoms with Crippen LogP contribution in [0, 0.1) is 25.5 Å². The molecule has 0 atom stereocenters. The first kappa shape index (κ1) is 23.1. The van der Waals surface area contributed by atoms with Crippen LogP contribution in [0.2, 0.25) is 5.02 Å². The lowest BCUT2D eigenvalue weighted by atomic mass is 10.1. The molecule has 0 aliphatic carbocycles. The summed E-state index contributed by atoms with van der Waals surface area (Å²) in [5, 5.41) is 7.27. The number of nitrogens with zero attached hydrogens (tertiary/aromatic N) is 2. The molecule has 0 unspecified atom stereocenters. The van der Waals surface area contributed by atoms with Gasteiger partial charge in [-0.2, -0.15) is 5.10 Å². The van der Waals surface area contributed by atoms with E-state index in [9.17, 15) is 18.4 Å². The molecule has 0 radical (unpaired) electrons. The van der Waals surface area contributed by atoms with Crippen LogP contribution >= 0.6 is 11.6 Å². The van der Waals surface area contributed by atoms with Crippen molar-refractivity contribution in [2.45, 2.75) is 20.4 Å². The zero-order valence-corrected chi connectivity index (χ0v) is 18.1. The van der Waals surface area contributed by atoms with E-state index in [4.69, 9.17) is 16.3 Å². The van der Waals surface area contributed by atoms with Crippen molar-refractivity contribution in [2.24, 2.45) is 0 Å². The third-order valence-corrected chi connectivity index (χ3v) is 5.02. The highest BCUT2D eigenvalue weighted by atomic mass is 35.5. The summed E-state index contributed by atoms with van der Waals surface area (Å²) >= 11 is 6.22. The molecule has 0 aliphatic rings. The Kier molecular flexibility index (Phi) is 7.37. The molecule has 1 heterocycles. The van der Waals surface area contributed by atoms with E-state index in [1.807, 2.05) is 32.0 Å². The first-order valence-electron chi connectivity index (χ1n) is 9.61. The van der Waals surface area contributed by atoms with E-state index in [-0.39, 0.29) is 5.69 Å². The number of aryl methyl sites for hydroxylation is 1. The van der Waals surface area contributed by atoms with E-state index < -0.39 is 30.1 Å². The van der Waals surface area contributed by atoms with Crippen molar-refractivity contribution in [3.63, 3.8) is 0 Å². The molecule has 1 aromatic heterocycles. The molecule has 9 heteroatoms. The van der Waals surface area contributed by atoms with Crippen LogP contribution in [0.5, 0.6) is 0 Å². The highest BCUT2D eigenvalue weighted by molar-refractivity contribution is 6.31. The summed E-state index contributed by atoms with van der Waals surface area (Å²) in [5.41, 5.74) is 2.85. The third-order valence-electron chi connectivity index (χ3n) is 4.65. The average molecular weight is 460 g/mol. The lowest BCUT2D eigenvalue weighted by molar-refractivity contribution is -0.142. The maximum Gasteiger partial charge on any atom is 0.331 e. The zero-order chi connectivity index (χ0) is 23.3. The molecule has 0 fully saturated rings. The number of amides is 1. The van der Waals surface area contributed by atoms with Crippen LogP contribution in [-0.4, -0.2) is 28.3 Å². The largest absolute Gasteiger partial charge is 0.452 e. The van der Waals surface area contributed by atoms with Gasteiger partial charge in [-0.1, -0.05) is 29.8 Å². The maximum absolute atomic E-state index is 13.6. The Morgan fingerprint density at radius 3 is 2.69 bits per heavy atom. The molecule has 0 saturated heterocycles. The van der Waals surface area contributed by atoms with Crippen molar-refractivity contribution in [1.29, 1.82) is 0 Å². The molecule has 2 aromatic carbocycles. The van der Waals surface area contributed by atoms with Crippen molar-refractivity contribution >= 4 is 35.2 Å². The fraction of sp³-hybridized carbons (Fsp3) is 0.174. The molecule has 0 saturated carbocycles. The van der Waals surface area contributed by atoms with E-state index >= 15 is 0 Å². The van der Waals surface area contributed by atoms with Crippen LogP contribution < -0.4 is 5.32 Å². The highest BCUT2D eigenvalue weighted by Gasteiger charge is 2.13. The number of halogens is 3. The number of anilines is 1. The second-order valence-corrected chi connectivity index (χ2v) is 7.35. The van der Waals surface area contributed by atoms with Crippen molar-refractivity contribution < 1.29 is 23.1 Å². The fourth-order valence-corrected chi connectivity index (χ4v) is 3.21. The number of aromatic nitrogens is 2. The lowest BCUT2D eigenvalue weighted by Crippen LogP contribution is -2.20. The molecular weight excluding hydrogens is 440 g/mol. The van der Waals surface area contributed by atoms with Crippen molar-refractivity contribution in [1.82, 2.24) is 9.78 Å². The number of nitrogens with one attached hydrogen (secondary N) is 1. The van der Waals surface area contributed by atoms with Gasteiger partial charge in [0, 0.05) is 28.4 Å². The summed E-state index contributed by atoms with van der Waals surface area (Å²) in [6.45, 7) is 3.50. The number of ether oxygens (including phenoxy) is 1. The summed E-state index contributed by atoms with van der Waals surface area (Å²) in [5.74, 6) is -3.07. The first-order valence-corrected chi connectivity index (χ1v) is 9.99. The van der Waals surface area contributed by atoms with E-state index in [0.29, 0.717) is 17.3 Å². The molecule has 166 valence electrons. The molecule has 0 bridgehead atoms. The van der Waals surface area contributed by atoms with Crippen LogP contribution in [0.15, 0.2) is 48.5 Å². The van der Waals surface area contributed by atoms with Gasteiger partial charge in [0.1, 0.15) is 11.6 Å². The summed E-state index contributed by atoms with van der Waals surface area (Å²) in [7, 11) is 0. The van der Waals surface area contributed by atoms with E-state index in [0.717, 1.165) is 35.0 Å². The van der Waals surface area contributed by atoms with Crippen LogP contribution in [-0.2, 0) is 20.9 Å². The predicted octanol–water partition coefficient (Wildman–Crippen LogP) is 4.67. The Morgan fingerprint density at radius 2 is 1.94 bits per heavy atom. The van der Waals surface area contributed by atoms with Crippen LogP contribution in [0.25, 0.3) is 6.08 Å². The maximum atomic E-state index is 13.6. The molecule has 0 aliphatic heterocycles. The molecule has 1 N–H and O–H groups in total. The van der Waals surface area contributed by atoms with Gasteiger partial charge in [-0.05, 0) is 43.7 Å². The van der Waals surface area contributed by atoms with Gasteiger partial charge in [0.2, 0.25) is 0 Å². The van der Waals surface area contributed by atoms with Gasteiger partial charge in [-0.25, -0.2) is 13.6 Å². The quantitative estimate of drug-likeness (QED) is 0.411. The van der Waals surface area contributed by atoms with Crippen molar-refractivity contribution in [2.75, 3.05) is 11.9 Å². The Hall–Kier alpha value is -3.52. The first-order chi connectivity index (χ1) is 15.2. The molecule has 3 aromatic rings. The molecule has 6 nitrogen and oxygen atoms in total. The van der Waals surface area contributed by atoms with Crippen molar-refractivity contribution in [3.8, 4) is 0 Å². The Bertz CT molecular complexity index is 1190. The van der Waals surface area contributed by atoms with Gasteiger partial charge >= 0.3 is 5.97 Å². The summed E-state index contributed by atoms with van der Waals surface area (Å²) in [4.78, 5) is 23.8. The predicted molar refractivity (Wildman–Crippen MR) is 117 cm³/mol. The standard InChI is InChI=1S/C23H20ClF2N3O3/c1-14-18(15(2)29(28-14)12-16-5-3-4-6-19(16)24)8-10-23(31)32-13-22(30)27-21-11-17(25)7-9-20(21)26/h3-11H,12-13H2,1-2H3,(H,27,30). The zero-order valence-electron chi connectivity index (χ0n) is 17.4. The normalized spacial score (nSPS) is 11.0. The van der Waals surface area contributed by atoms with Gasteiger partial charge < -0.3 is 10.1 Å². The number of hydrogen-bond acceptors (Lipinski definition) is 4. The van der Waals surface area contributed by atoms with Gasteiger partial charge in [0.25, 0.3) is 5.91 Å². The van der Waals surface area contributed by atoms with Gasteiger partial charge in [-0.3, -0.25) is 9.48 Å². The van der Waals surface area contributed by atoms with E-state index in [1.54, 1.807) is 16.8 Å². The second kappa shape index (κ2) is 10.2. The van der Waals surface area contributed by atoms with Gasteiger partial charge in [-0.15, -0.1) is 0 Å². The number of carbonyl (C=O) groups excluding carboxylic acids is 2. The lowest BCUT2D eigenvalue weighted by Gasteiger charge is -2.07. The Balaban J connectivity index is 1.59. The highest BCUT2D eigenvalue weighted by Crippen LogP contribution is 2.20. The minimum atomic E-state index is -0.800. The monoisotopic (exact) mass is 459 g/mol. The number of carbonyl (C=O) groups is 2. The molecular formula is C23H20ClF2N3O3. The number of hydrogen-bond donors (Lipinski definition) is 1. The topological polar surface area (TPSA) is 73.2 Å². The van der Waals surface area contributed by atoms with Crippen LogP contribution in [0.1, 0.15) is 22.5 Å². The molecule has 32 heavy (non-hydrogen) atoms. The van der Waals surface area contributed by atoms with Gasteiger partial charge in [0.05, 0.1) is 17.9 Å². The molecule has 0 spiro atoms. The van der Waals surface area contributed by atoms with Crippen LogP contribution in [0.3, 0.4) is 0 Å². The SMILES string of the molecule is Cc1nn(Cc2ccccc2Cl)c(C)c1C=CC(=O)OCC(=O)Nc1cc(F)ccc1F. The van der Waals surface area contributed by atoms with Gasteiger partial charge in [0.15, 0.2) is 6.61 Å². The minimum Gasteiger partial charge on any atom is -0.452 e. The Morgan fingerprint density at radius 1 is 1.19 bits per heavy atom. The fourth-order valence-electron chi connectivity index (χ4n) is 3.01. The molecule has 1 amide bonds. The summed E-state index contributed by atoms with van der Waals surface area (Å²) in [6.07, 6.45) is 2.72. The summed E-state index contributed by atoms with van der Waals surface area (Å²) < 4.78 is 33.4. The average Bonchev–Trinajstić information content (AvgIpc) is 3.02. The smallest absolute Gasteiger partial charge is 0.331 e. The number of benzene rings is 2. The summed E-state index contributed by atoms with van der Waals surface area (Å²) in [6, 6.07) is 10.1. The van der Waals surface area contributed by atoms with Crippen molar-refractivity contribution in [3.05, 3.63) is 87.7 Å².